The van der Waals surface area contributed by atoms with Crippen LogP contribution in [0.25, 0.3) is 0 Å². The quantitative estimate of drug-likeness (QED) is 0.601. The minimum absolute atomic E-state index is 0.0925. The van der Waals surface area contributed by atoms with E-state index in [4.69, 9.17) is 8.83 Å². The van der Waals surface area contributed by atoms with E-state index in [1.54, 1.807) is 12.1 Å². The second-order valence-electron chi connectivity index (χ2n) is 5.42. The van der Waals surface area contributed by atoms with Gasteiger partial charge >= 0.3 is 5.91 Å². The molecule has 9 heteroatoms. The first kappa shape index (κ1) is 19.3. The van der Waals surface area contributed by atoms with Crippen LogP contribution in [0.15, 0.2) is 39.6 Å². The van der Waals surface area contributed by atoms with Crippen LogP contribution in [0.2, 0.25) is 0 Å². The van der Waals surface area contributed by atoms with Crippen molar-refractivity contribution in [3.8, 4) is 0 Å². The normalized spacial score (nSPS) is 10.6. The van der Waals surface area contributed by atoms with Crippen LogP contribution in [0.1, 0.15) is 40.5 Å². The van der Waals surface area contributed by atoms with Crippen LogP contribution in [0.3, 0.4) is 0 Å². The molecule has 0 saturated carbocycles. The molecule has 0 aromatic carbocycles. The largest absolute Gasteiger partial charge is 0.472 e. The van der Waals surface area contributed by atoms with Crippen LogP contribution in [-0.4, -0.2) is 42.3 Å². The van der Waals surface area contributed by atoms with Gasteiger partial charge in [-0.05, 0) is 31.3 Å². The van der Waals surface area contributed by atoms with E-state index < -0.39 is 17.7 Å². The number of nitrogens with one attached hydrogen (secondary N) is 3. The Bertz CT molecular complexity index is 734. The van der Waals surface area contributed by atoms with Crippen molar-refractivity contribution in [1.82, 2.24) is 21.1 Å². The maximum atomic E-state index is 12.0. The summed E-state index contributed by atoms with van der Waals surface area (Å²) in [4.78, 5) is 37.5. The Hall–Kier alpha value is -3.07. The average Bonchev–Trinajstić information content (AvgIpc) is 3.34. The van der Waals surface area contributed by atoms with E-state index in [0.29, 0.717) is 17.9 Å². The molecule has 0 bridgehead atoms. The minimum atomic E-state index is -0.579. The molecule has 0 spiro atoms. The van der Waals surface area contributed by atoms with Gasteiger partial charge in [-0.3, -0.25) is 30.1 Å². The molecule has 3 N–H and O–H groups in total. The van der Waals surface area contributed by atoms with E-state index in [1.165, 1.54) is 18.6 Å². The molecule has 2 aromatic rings. The van der Waals surface area contributed by atoms with Crippen molar-refractivity contribution in [1.29, 1.82) is 0 Å². The maximum absolute atomic E-state index is 12.0. The van der Waals surface area contributed by atoms with Gasteiger partial charge in [0.2, 0.25) is 0 Å². The van der Waals surface area contributed by atoms with Crippen molar-refractivity contribution in [2.24, 2.45) is 0 Å². The van der Waals surface area contributed by atoms with Gasteiger partial charge in [0, 0.05) is 0 Å². The summed E-state index contributed by atoms with van der Waals surface area (Å²) in [5, 5.41) is 2.40. The van der Waals surface area contributed by atoms with E-state index in [1.807, 2.05) is 13.8 Å². The molecular formula is C17H22N4O5. The van der Waals surface area contributed by atoms with Crippen molar-refractivity contribution in [3.05, 3.63) is 47.8 Å². The molecule has 9 nitrogen and oxygen atoms in total. The Morgan fingerprint density at radius 2 is 1.81 bits per heavy atom. The van der Waals surface area contributed by atoms with Gasteiger partial charge in [0.25, 0.3) is 11.8 Å². The zero-order valence-corrected chi connectivity index (χ0v) is 14.7. The first-order valence-electron chi connectivity index (χ1n) is 8.24. The van der Waals surface area contributed by atoms with Crippen LogP contribution in [0.5, 0.6) is 0 Å². The van der Waals surface area contributed by atoms with Crippen LogP contribution in [0.4, 0.5) is 0 Å². The first-order valence-corrected chi connectivity index (χ1v) is 8.24. The molecule has 0 unspecified atom stereocenters. The molecule has 26 heavy (non-hydrogen) atoms. The molecule has 0 saturated heterocycles. The predicted molar refractivity (Wildman–Crippen MR) is 92.0 cm³/mol. The molecule has 2 heterocycles. The van der Waals surface area contributed by atoms with Gasteiger partial charge < -0.3 is 14.2 Å². The predicted octanol–water partition coefficient (Wildman–Crippen LogP) is 0.905. The zero-order chi connectivity index (χ0) is 18.9. The maximum Gasteiger partial charge on any atom is 0.305 e. The fraction of sp³-hybridized carbons (Fsp3) is 0.353. The third-order valence-electron chi connectivity index (χ3n) is 3.67. The summed E-state index contributed by atoms with van der Waals surface area (Å²) in [7, 11) is 0. The molecule has 0 aliphatic heterocycles. The van der Waals surface area contributed by atoms with Crippen molar-refractivity contribution >= 4 is 17.7 Å². The highest BCUT2D eigenvalue weighted by atomic mass is 16.4. The highest BCUT2D eigenvalue weighted by Gasteiger charge is 2.14. The van der Waals surface area contributed by atoms with Gasteiger partial charge in [0.1, 0.15) is 12.0 Å². The van der Waals surface area contributed by atoms with Gasteiger partial charge in [0.05, 0.1) is 24.9 Å². The topological polar surface area (TPSA) is 117 Å². The minimum Gasteiger partial charge on any atom is -0.472 e. The van der Waals surface area contributed by atoms with E-state index in [-0.39, 0.29) is 12.3 Å². The lowest BCUT2D eigenvalue weighted by Gasteiger charge is -2.15. The third kappa shape index (κ3) is 5.49. The summed E-state index contributed by atoms with van der Waals surface area (Å²) in [5.74, 6) is -0.852. The summed E-state index contributed by atoms with van der Waals surface area (Å²) in [6.07, 6.45) is 2.62. The van der Waals surface area contributed by atoms with E-state index in [0.717, 1.165) is 13.1 Å². The third-order valence-corrected chi connectivity index (χ3v) is 3.67. The Labute approximate surface area is 150 Å². The summed E-state index contributed by atoms with van der Waals surface area (Å²) >= 11 is 0. The summed E-state index contributed by atoms with van der Waals surface area (Å²) in [6, 6.07) is 4.74. The summed E-state index contributed by atoms with van der Waals surface area (Å²) in [5.41, 5.74) is 4.75. The molecule has 3 amide bonds. The number of hydrogen-bond acceptors (Lipinski definition) is 6. The first-order chi connectivity index (χ1) is 12.5. The number of nitrogens with zero attached hydrogens (tertiary/aromatic N) is 1. The SMILES string of the molecule is CCN(CC)Cc1ccc(C(=O)NNC(=O)CNC(=O)c2ccoc2)o1. The Morgan fingerprint density at radius 3 is 2.46 bits per heavy atom. The Balaban J connectivity index is 1.75. The number of hydrogen-bond donors (Lipinski definition) is 3. The number of carbonyl (C=O) groups is 3. The molecule has 0 aliphatic rings. The van der Waals surface area contributed by atoms with Gasteiger partial charge in [0.15, 0.2) is 5.76 Å². The molecular weight excluding hydrogens is 340 g/mol. The molecule has 0 radical (unpaired) electrons. The highest BCUT2D eigenvalue weighted by Crippen LogP contribution is 2.10. The van der Waals surface area contributed by atoms with Crippen molar-refractivity contribution < 1.29 is 23.2 Å². The highest BCUT2D eigenvalue weighted by molar-refractivity contribution is 5.97. The monoisotopic (exact) mass is 362 g/mol. The second kappa shape index (κ2) is 9.42. The lowest BCUT2D eigenvalue weighted by atomic mass is 10.3. The fourth-order valence-electron chi connectivity index (χ4n) is 2.14. The summed E-state index contributed by atoms with van der Waals surface area (Å²) < 4.78 is 10.3. The molecule has 2 rings (SSSR count). The fourth-order valence-corrected chi connectivity index (χ4v) is 2.14. The van der Waals surface area contributed by atoms with Crippen LogP contribution >= 0.6 is 0 Å². The van der Waals surface area contributed by atoms with Crippen molar-refractivity contribution in [2.75, 3.05) is 19.6 Å². The number of hydrazine groups is 1. The Kier molecular flexibility index (Phi) is 6.98. The van der Waals surface area contributed by atoms with Crippen LogP contribution in [0, 0.1) is 0 Å². The molecule has 2 aromatic heterocycles. The van der Waals surface area contributed by atoms with Crippen LogP contribution < -0.4 is 16.2 Å². The second-order valence-corrected chi connectivity index (χ2v) is 5.42. The van der Waals surface area contributed by atoms with E-state index >= 15 is 0 Å². The summed E-state index contributed by atoms with van der Waals surface area (Å²) in [6.45, 7) is 6.14. The molecule has 0 fully saturated rings. The molecule has 0 atom stereocenters. The number of rotatable bonds is 8. The molecule has 140 valence electrons. The van der Waals surface area contributed by atoms with Crippen molar-refractivity contribution in [3.63, 3.8) is 0 Å². The average molecular weight is 362 g/mol. The Morgan fingerprint density at radius 1 is 1.04 bits per heavy atom. The lowest BCUT2D eigenvalue weighted by molar-refractivity contribution is -0.120. The van der Waals surface area contributed by atoms with E-state index in [9.17, 15) is 14.4 Å². The number of carbonyl (C=O) groups excluding carboxylic acids is 3. The lowest BCUT2D eigenvalue weighted by Crippen LogP contribution is -2.46. The van der Waals surface area contributed by atoms with Gasteiger partial charge in [-0.15, -0.1) is 0 Å². The van der Waals surface area contributed by atoms with Crippen LogP contribution in [-0.2, 0) is 11.3 Å². The van der Waals surface area contributed by atoms with Gasteiger partial charge in [-0.2, -0.15) is 0 Å². The zero-order valence-electron chi connectivity index (χ0n) is 14.7. The number of furan rings is 2. The van der Waals surface area contributed by atoms with E-state index in [2.05, 4.69) is 21.1 Å². The van der Waals surface area contributed by atoms with Gasteiger partial charge in [-0.25, -0.2) is 0 Å². The smallest absolute Gasteiger partial charge is 0.305 e. The number of amides is 3. The van der Waals surface area contributed by atoms with Crippen molar-refractivity contribution in [2.45, 2.75) is 20.4 Å². The molecule has 0 aliphatic carbocycles. The van der Waals surface area contributed by atoms with Gasteiger partial charge in [-0.1, -0.05) is 13.8 Å². The standard InChI is InChI=1S/C17H22N4O5/c1-3-21(4-2)10-13-5-6-14(26-13)17(24)20-19-15(22)9-18-16(23)12-7-8-25-11-12/h5-8,11H,3-4,9-10H2,1-2H3,(H,18,23)(H,19,22)(H,20,24).